The molecule has 2 atom stereocenters. The molecule has 8 heavy (non-hydrogen) atoms. The standard InChI is InChI=1S/C7H15N/c1-5-4-6(5)7(2,3)8/h5-6H,4,8H2,1-3H3. The fourth-order valence-electron chi connectivity index (χ4n) is 1.36. The Labute approximate surface area is 51.3 Å². The molecule has 0 aliphatic heterocycles. The molecule has 0 aromatic heterocycles. The Morgan fingerprint density at radius 1 is 1.50 bits per heavy atom. The quantitative estimate of drug-likeness (QED) is 0.546. The summed E-state index contributed by atoms with van der Waals surface area (Å²) in [6, 6.07) is 0. The largest absolute Gasteiger partial charge is 0.325 e. The van der Waals surface area contributed by atoms with Crippen LogP contribution in [0.5, 0.6) is 0 Å². The van der Waals surface area contributed by atoms with E-state index in [0.29, 0.717) is 0 Å². The summed E-state index contributed by atoms with van der Waals surface area (Å²) in [6.07, 6.45) is 1.34. The molecule has 0 aromatic rings. The van der Waals surface area contributed by atoms with Gasteiger partial charge in [0.25, 0.3) is 0 Å². The molecule has 2 N–H and O–H groups in total. The number of hydrogen-bond donors (Lipinski definition) is 1. The van der Waals surface area contributed by atoms with Gasteiger partial charge in [0.05, 0.1) is 0 Å². The lowest BCUT2D eigenvalue weighted by Gasteiger charge is -2.17. The molecule has 1 aliphatic carbocycles. The summed E-state index contributed by atoms with van der Waals surface area (Å²) in [5.41, 5.74) is 5.91. The predicted molar refractivity (Wildman–Crippen MR) is 35.5 cm³/mol. The van der Waals surface area contributed by atoms with Gasteiger partial charge >= 0.3 is 0 Å². The van der Waals surface area contributed by atoms with E-state index in [4.69, 9.17) is 5.73 Å². The first kappa shape index (κ1) is 6.09. The molecule has 1 rings (SSSR count). The number of nitrogens with two attached hydrogens (primary N) is 1. The third kappa shape index (κ3) is 1.03. The molecule has 2 unspecified atom stereocenters. The van der Waals surface area contributed by atoms with Gasteiger partial charge in [0.2, 0.25) is 0 Å². The normalized spacial score (nSPS) is 37.5. The molecule has 0 saturated heterocycles. The predicted octanol–water partition coefficient (Wildman–Crippen LogP) is 1.38. The lowest BCUT2D eigenvalue weighted by molar-refractivity contribution is 0.431. The van der Waals surface area contributed by atoms with Crippen molar-refractivity contribution in [3.8, 4) is 0 Å². The van der Waals surface area contributed by atoms with Crippen LogP contribution in [0, 0.1) is 11.8 Å². The molecule has 1 heteroatoms. The van der Waals surface area contributed by atoms with Crippen LogP contribution >= 0.6 is 0 Å². The van der Waals surface area contributed by atoms with Crippen molar-refractivity contribution < 1.29 is 0 Å². The molecule has 0 spiro atoms. The van der Waals surface area contributed by atoms with Crippen LogP contribution in [0.4, 0.5) is 0 Å². The molecule has 48 valence electrons. The van der Waals surface area contributed by atoms with E-state index in [1.165, 1.54) is 6.42 Å². The van der Waals surface area contributed by atoms with Crippen LogP contribution in [0.2, 0.25) is 0 Å². The number of rotatable bonds is 1. The lowest BCUT2D eigenvalue weighted by Crippen LogP contribution is -2.34. The van der Waals surface area contributed by atoms with Gasteiger partial charge in [-0.15, -0.1) is 0 Å². The molecule has 1 aliphatic rings. The summed E-state index contributed by atoms with van der Waals surface area (Å²) >= 11 is 0. The maximum absolute atomic E-state index is 5.83. The monoisotopic (exact) mass is 113 g/mol. The van der Waals surface area contributed by atoms with Crippen LogP contribution in [-0.4, -0.2) is 5.54 Å². The Morgan fingerprint density at radius 3 is 1.88 bits per heavy atom. The van der Waals surface area contributed by atoms with Crippen molar-refractivity contribution in [2.75, 3.05) is 0 Å². The first-order valence-electron chi connectivity index (χ1n) is 3.30. The van der Waals surface area contributed by atoms with Gasteiger partial charge < -0.3 is 5.73 Å². The van der Waals surface area contributed by atoms with Crippen molar-refractivity contribution in [1.82, 2.24) is 0 Å². The minimum Gasteiger partial charge on any atom is -0.325 e. The first-order chi connectivity index (χ1) is 3.52. The second-order valence-electron chi connectivity index (χ2n) is 3.64. The van der Waals surface area contributed by atoms with E-state index < -0.39 is 0 Å². The van der Waals surface area contributed by atoms with Gasteiger partial charge in [-0.1, -0.05) is 6.92 Å². The Bertz CT molecular complexity index is 91.1. The molecular formula is C7H15N. The average molecular weight is 113 g/mol. The van der Waals surface area contributed by atoms with E-state index in [9.17, 15) is 0 Å². The first-order valence-corrected chi connectivity index (χ1v) is 3.30. The van der Waals surface area contributed by atoms with Crippen molar-refractivity contribution in [3.63, 3.8) is 0 Å². The molecule has 0 radical (unpaired) electrons. The van der Waals surface area contributed by atoms with Gasteiger partial charge in [-0.25, -0.2) is 0 Å². The van der Waals surface area contributed by atoms with Crippen molar-refractivity contribution in [1.29, 1.82) is 0 Å². The summed E-state index contributed by atoms with van der Waals surface area (Å²) in [6.45, 7) is 6.49. The Balaban J connectivity index is 2.39. The highest BCUT2D eigenvalue weighted by Gasteiger charge is 2.42. The smallest absolute Gasteiger partial charge is 0.0128 e. The molecule has 1 fully saturated rings. The van der Waals surface area contributed by atoms with Crippen molar-refractivity contribution in [3.05, 3.63) is 0 Å². The van der Waals surface area contributed by atoms with Gasteiger partial charge in [0.15, 0.2) is 0 Å². The molecule has 0 amide bonds. The van der Waals surface area contributed by atoms with E-state index in [2.05, 4.69) is 20.8 Å². The van der Waals surface area contributed by atoms with E-state index >= 15 is 0 Å². The number of hydrogen-bond acceptors (Lipinski definition) is 1. The Hall–Kier alpha value is -0.0400. The van der Waals surface area contributed by atoms with E-state index in [1.807, 2.05) is 0 Å². The molecule has 0 heterocycles. The fraction of sp³-hybridized carbons (Fsp3) is 1.00. The molecule has 0 aromatic carbocycles. The second-order valence-corrected chi connectivity index (χ2v) is 3.64. The summed E-state index contributed by atoms with van der Waals surface area (Å²) < 4.78 is 0. The van der Waals surface area contributed by atoms with Gasteiger partial charge in [-0.3, -0.25) is 0 Å². The summed E-state index contributed by atoms with van der Waals surface area (Å²) in [4.78, 5) is 0. The lowest BCUT2D eigenvalue weighted by atomic mass is 9.99. The third-order valence-corrected chi connectivity index (χ3v) is 2.07. The van der Waals surface area contributed by atoms with Crippen LogP contribution < -0.4 is 5.73 Å². The minimum atomic E-state index is 0.0828. The van der Waals surface area contributed by atoms with Gasteiger partial charge in [0.1, 0.15) is 0 Å². The zero-order chi connectivity index (χ0) is 6.36. The average Bonchev–Trinajstić information content (AvgIpc) is 2.13. The van der Waals surface area contributed by atoms with Crippen molar-refractivity contribution >= 4 is 0 Å². The van der Waals surface area contributed by atoms with Crippen molar-refractivity contribution in [2.24, 2.45) is 17.6 Å². The topological polar surface area (TPSA) is 26.0 Å². The summed E-state index contributed by atoms with van der Waals surface area (Å²) in [5.74, 6) is 1.68. The molecule has 0 bridgehead atoms. The fourth-order valence-corrected chi connectivity index (χ4v) is 1.36. The Morgan fingerprint density at radius 2 is 1.88 bits per heavy atom. The molecular weight excluding hydrogens is 98.1 g/mol. The van der Waals surface area contributed by atoms with Gasteiger partial charge in [0, 0.05) is 5.54 Å². The van der Waals surface area contributed by atoms with Crippen LogP contribution in [0.25, 0.3) is 0 Å². The summed E-state index contributed by atoms with van der Waals surface area (Å²) in [5, 5.41) is 0. The zero-order valence-electron chi connectivity index (χ0n) is 5.94. The molecule has 1 nitrogen and oxygen atoms in total. The maximum Gasteiger partial charge on any atom is 0.0128 e. The minimum absolute atomic E-state index is 0.0828. The second kappa shape index (κ2) is 1.47. The van der Waals surface area contributed by atoms with Crippen LogP contribution in [0.15, 0.2) is 0 Å². The van der Waals surface area contributed by atoms with Crippen LogP contribution in [0.1, 0.15) is 27.2 Å². The molecule has 1 saturated carbocycles. The van der Waals surface area contributed by atoms with E-state index in [1.54, 1.807) is 0 Å². The van der Waals surface area contributed by atoms with Gasteiger partial charge in [-0.05, 0) is 32.1 Å². The SMILES string of the molecule is CC1CC1C(C)(C)N. The third-order valence-electron chi connectivity index (χ3n) is 2.07. The summed E-state index contributed by atoms with van der Waals surface area (Å²) in [7, 11) is 0. The highest BCUT2D eigenvalue weighted by atomic mass is 14.8. The Kier molecular flexibility index (Phi) is 1.12. The highest BCUT2D eigenvalue weighted by molar-refractivity contribution is 4.96. The van der Waals surface area contributed by atoms with Crippen LogP contribution in [0.3, 0.4) is 0 Å². The van der Waals surface area contributed by atoms with Crippen LogP contribution in [-0.2, 0) is 0 Å². The van der Waals surface area contributed by atoms with E-state index in [-0.39, 0.29) is 5.54 Å². The van der Waals surface area contributed by atoms with E-state index in [0.717, 1.165) is 11.8 Å². The van der Waals surface area contributed by atoms with Gasteiger partial charge in [-0.2, -0.15) is 0 Å². The highest BCUT2D eigenvalue weighted by Crippen LogP contribution is 2.44. The maximum atomic E-state index is 5.83. The zero-order valence-corrected chi connectivity index (χ0v) is 5.94. The van der Waals surface area contributed by atoms with Crippen molar-refractivity contribution in [2.45, 2.75) is 32.7 Å².